The number of pyridine rings is 2. The van der Waals surface area contributed by atoms with Crippen molar-refractivity contribution < 1.29 is 9.59 Å². The molecule has 8 nitrogen and oxygen atoms in total. The summed E-state index contributed by atoms with van der Waals surface area (Å²) in [4.78, 5) is 28.8. The molecule has 2 amide bonds. The van der Waals surface area contributed by atoms with Crippen molar-refractivity contribution in [3.05, 3.63) is 78.2 Å². The molecule has 3 aromatic heterocycles. The Morgan fingerprint density at radius 3 is 2.48 bits per heavy atom. The van der Waals surface area contributed by atoms with Gasteiger partial charge in [-0.1, -0.05) is 18.6 Å². The van der Waals surface area contributed by atoms with E-state index in [4.69, 9.17) is 0 Å². The Morgan fingerprint density at radius 1 is 0.970 bits per heavy atom. The van der Waals surface area contributed by atoms with E-state index in [1.807, 2.05) is 47.0 Å². The van der Waals surface area contributed by atoms with Gasteiger partial charge in [0, 0.05) is 42.2 Å². The van der Waals surface area contributed by atoms with Crippen molar-refractivity contribution in [2.75, 3.05) is 11.9 Å². The van der Waals surface area contributed by atoms with E-state index in [9.17, 15) is 9.59 Å². The van der Waals surface area contributed by atoms with Crippen LogP contribution in [0.2, 0.25) is 0 Å². The maximum absolute atomic E-state index is 12.5. The third-order valence-corrected chi connectivity index (χ3v) is 6.00. The molecule has 8 heteroatoms. The lowest BCUT2D eigenvalue weighted by Crippen LogP contribution is -2.28. The average molecular weight is 441 g/mol. The van der Waals surface area contributed by atoms with Crippen LogP contribution in [0.4, 0.5) is 5.69 Å². The van der Waals surface area contributed by atoms with Gasteiger partial charge in [0.05, 0.1) is 5.69 Å². The zero-order chi connectivity index (χ0) is 22.6. The first-order valence-electron chi connectivity index (χ1n) is 11.1. The Kier molecular flexibility index (Phi) is 5.80. The Bertz CT molecular complexity index is 1280. The van der Waals surface area contributed by atoms with E-state index in [0.29, 0.717) is 29.3 Å². The monoisotopic (exact) mass is 440 g/mol. The van der Waals surface area contributed by atoms with Crippen LogP contribution in [0.1, 0.15) is 35.2 Å². The van der Waals surface area contributed by atoms with Crippen molar-refractivity contribution in [2.24, 2.45) is 5.92 Å². The van der Waals surface area contributed by atoms with Crippen molar-refractivity contribution in [3.63, 3.8) is 0 Å². The van der Waals surface area contributed by atoms with Crippen molar-refractivity contribution in [3.8, 4) is 11.4 Å². The summed E-state index contributed by atoms with van der Waals surface area (Å²) < 4.78 is 1.85. The van der Waals surface area contributed by atoms with Crippen LogP contribution in [0.3, 0.4) is 0 Å². The fraction of sp³-hybridized carbons (Fsp3) is 0.240. The Morgan fingerprint density at radius 2 is 1.76 bits per heavy atom. The SMILES string of the molecule is O=C(NCCc1ccncc1)c1ccc(-c2nnc3ccc(NC(=O)C4CCC4)cn23)cc1. The zero-order valence-electron chi connectivity index (χ0n) is 18.1. The number of hydrogen-bond donors (Lipinski definition) is 2. The highest BCUT2D eigenvalue weighted by Crippen LogP contribution is 2.28. The Hall–Kier alpha value is -4.07. The normalized spacial score (nSPS) is 13.5. The molecule has 0 spiro atoms. The molecular formula is C25H24N6O2. The first kappa shape index (κ1) is 20.8. The van der Waals surface area contributed by atoms with Gasteiger partial charge in [-0.15, -0.1) is 10.2 Å². The molecule has 4 aromatic rings. The van der Waals surface area contributed by atoms with Crippen LogP contribution < -0.4 is 10.6 Å². The first-order chi connectivity index (χ1) is 16.2. The van der Waals surface area contributed by atoms with Gasteiger partial charge >= 0.3 is 0 Å². The van der Waals surface area contributed by atoms with Gasteiger partial charge in [0.25, 0.3) is 5.91 Å². The van der Waals surface area contributed by atoms with E-state index in [1.54, 1.807) is 24.5 Å². The molecule has 1 saturated carbocycles. The van der Waals surface area contributed by atoms with Gasteiger partial charge in [-0.2, -0.15) is 0 Å². The molecule has 0 saturated heterocycles. The van der Waals surface area contributed by atoms with E-state index >= 15 is 0 Å². The summed E-state index contributed by atoms with van der Waals surface area (Å²) in [5, 5.41) is 14.5. The van der Waals surface area contributed by atoms with Crippen LogP contribution in [0.25, 0.3) is 17.0 Å². The van der Waals surface area contributed by atoms with Crippen LogP contribution in [0.15, 0.2) is 67.1 Å². The summed E-state index contributed by atoms with van der Waals surface area (Å²) in [5.74, 6) is 0.705. The van der Waals surface area contributed by atoms with Crippen LogP contribution in [-0.4, -0.2) is 37.9 Å². The number of nitrogens with zero attached hydrogens (tertiary/aromatic N) is 4. The lowest BCUT2D eigenvalue weighted by atomic mass is 9.85. The molecule has 0 bridgehead atoms. The van der Waals surface area contributed by atoms with Gasteiger partial charge in [-0.3, -0.25) is 19.0 Å². The molecule has 0 aliphatic heterocycles. The van der Waals surface area contributed by atoms with Gasteiger partial charge in [-0.05, 0) is 61.2 Å². The number of anilines is 1. The summed E-state index contributed by atoms with van der Waals surface area (Å²) in [5.41, 5.74) is 3.94. The smallest absolute Gasteiger partial charge is 0.251 e. The summed E-state index contributed by atoms with van der Waals surface area (Å²) >= 11 is 0. The minimum atomic E-state index is -0.122. The van der Waals surface area contributed by atoms with Gasteiger partial charge in [-0.25, -0.2) is 0 Å². The molecule has 3 heterocycles. The number of carbonyl (C=O) groups excluding carboxylic acids is 2. The quantitative estimate of drug-likeness (QED) is 0.458. The predicted octanol–water partition coefficient (Wildman–Crippen LogP) is 3.50. The number of carbonyl (C=O) groups is 2. The first-order valence-corrected chi connectivity index (χ1v) is 11.1. The molecule has 166 valence electrons. The highest BCUT2D eigenvalue weighted by atomic mass is 16.2. The van der Waals surface area contributed by atoms with Gasteiger partial charge in [0.1, 0.15) is 0 Å². The summed E-state index contributed by atoms with van der Waals surface area (Å²) in [7, 11) is 0. The topological polar surface area (TPSA) is 101 Å². The molecule has 1 fully saturated rings. The molecule has 33 heavy (non-hydrogen) atoms. The Labute approximate surface area is 191 Å². The molecule has 2 N–H and O–H groups in total. The van der Waals surface area contributed by atoms with E-state index in [1.165, 1.54) is 0 Å². The molecule has 1 aliphatic rings. The number of amides is 2. The lowest BCUT2D eigenvalue weighted by molar-refractivity contribution is -0.122. The van der Waals surface area contributed by atoms with Gasteiger partial charge in [0.2, 0.25) is 5.91 Å². The van der Waals surface area contributed by atoms with Crippen molar-refractivity contribution in [1.29, 1.82) is 0 Å². The summed E-state index contributed by atoms with van der Waals surface area (Å²) in [6.45, 7) is 0.550. The van der Waals surface area contributed by atoms with Gasteiger partial charge in [0.15, 0.2) is 11.5 Å². The molecule has 5 rings (SSSR count). The fourth-order valence-corrected chi connectivity index (χ4v) is 3.82. The summed E-state index contributed by atoms with van der Waals surface area (Å²) in [6.07, 6.45) is 9.10. The minimum absolute atomic E-state index is 0.0644. The maximum atomic E-state index is 12.5. The van der Waals surface area contributed by atoms with E-state index in [2.05, 4.69) is 25.8 Å². The number of aromatic nitrogens is 4. The maximum Gasteiger partial charge on any atom is 0.251 e. The van der Waals surface area contributed by atoms with Gasteiger partial charge < -0.3 is 10.6 Å². The van der Waals surface area contributed by atoms with E-state index in [-0.39, 0.29) is 17.7 Å². The largest absolute Gasteiger partial charge is 0.352 e. The van der Waals surface area contributed by atoms with Crippen LogP contribution in [-0.2, 0) is 11.2 Å². The molecule has 1 aromatic carbocycles. The predicted molar refractivity (Wildman–Crippen MR) is 125 cm³/mol. The third kappa shape index (κ3) is 4.59. The fourth-order valence-electron chi connectivity index (χ4n) is 3.82. The zero-order valence-corrected chi connectivity index (χ0v) is 18.1. The number of fused-ring (bicyclic) bond motifs is 1. The Balaban J connectivity index is 1.27. The van der Waals surface area contributed by atoms with E-state index in [0.717, 1.165) is 36.8 Å². The highest BCUT2D eigenvalue weighted by Gasteiger charge is 2.25. The lowest BCUT2D eigenvalue weighted by Gasteiger charge is -2.24. The molecule has 0 unspecified atom stereocenters. The van der Waals surface area contributed by atoms with Crippen molar-refractivity contribution in [2.45, 2.75) is 25.7 Å². The average Bonchev–Trinajstić information content (AvgIpc) is 3.22. The number of hydrogen-bond acceptors (Lipinski definition) is 5. The number of benzene rings is 1. The standard InChI is InChI=1S/C25H24N6O2/c32-24(27-15-12-17-10-13-26-14-11-17)20-6-4-18(5-7-20)23-30-29-22-9-8-21(16-31(22)23)28-25(33)19-2-1-3-19/h4-11,13-14,16,19H,1-3,12,15H2,(H,27,32)(H,28,33). The van der Waals surface area contributed by atoms with Crippen LogP contribution in [0, 0.1) is 5.92 Å². The number of rotatable bonds is 7. The molecule has 0 atom stereocenters. The second kappa shape index (κ2) is 9.20. The van der Waals surface area contributed by atoms with Crippen LogP contribution >= 0.6 is 0 Å². The van der Waals surface area contributed by atoms with Crippen molar-refractivity contribution >= 4 is 23.1 Å². The second-order valence-electron chi connectivity index (χ2n) is 8.23. The van der Waals surface area contributed by atoms with Crippen LogP contribution in [0.5, 0.6) is 0 Å². The summed E-state index contributed by atoms with van der Waals surface area (Å²) in [6, 6.07) is 14.8. The second-order valence-corrected chi connectivity index (χ2v) is 8.23. The third-order valence-electron chi connectivity index (χ3n) is 6.00. The minimum Gasteiger partial charge on any atom is -0.352 e. The molecular weight excluding hydrogens is 416 g/mol. The van der Waals surface area contributed by atoms with Crippen molar-refractivity contribution in [1.82, 2.24) is 24.9 Å². The highest BCUT2D eigenvalue weighted by molar-refractivity contribution is 5.94. The molecule has 0 radical (unpaired) electrons. The molecule has 1 aliphatic carbocycles. The van der Waals surface area contributed by atoms with E-state index < -0.39 is 0 Å². The number of nitrogens with one attached hydrogen (secondary N) is 2.